The zero-order chi connectivity index (χ0) is 19.8. The van der Waals surface area contributed by atoms with Gasteiger partial charge in [-0.3, -0.25) is 14.8 Å². The first-order valence-electron chi connectivity index (χ1n) is 9.71. The number of nitrogens with zero attached hydrogens (tertiary/aromatic N) is 4. The summed E-state index contributed by atoms with van der Waals surface area (Å²) >= 11 is 0. The van der Waals surface area contributed by atoms with Gasteiger partial charge in [0.1, 0.15) is 5.69 Å². The Morgan fingerprint density at radius 1 is 0.966 bits per heavy atom. The fourth-order valence-corrected chi connectivity index (χ4v) is 4.06. The van der Waals surface area contributed by atoms with E-state index in [2.05, 4.69) is 15.0 Å². The Kier molecular flexibility index (Phi) is 4.41. The predicted molar refractivity (Wildman–Crippen MR) is 110 cm³/mol. The number of rotatable bonds is 3. The molecule has 1 aliphatic rings. The molecule has 3 heterocycles. The lowest BCUT2D eigenvalue weighted by Gasteiger charge is -2.16. The van der Waals surface area contributed by atoms with Gasteiger partial charge in [-0.15, -0.1) is 0 Å². The second-order valence-corrected chi connectivity index (χ2v) is 7.47. The first-order chi connectivity index (χ1) is 14.2. The summed E-state index contributed by atoms with van der Waals surface area (Å²) in [7, 11) is 0. The lowest BCUT2D eigenvalue weighted by Crippen LogP contribution is -2.30. The Balaban J connectivity index is 1.36. The number of fused-ring (bicyclic) bond motifs is 2. The fraction of sp³-hybridized carbons (Fsp3) is 0.217. The van der Waals surface area contributed by atoms with E-state index in [0.717, 1.165) is 22.0 Å². The molecule has 2 aromatic carbocycles. The van der Waals surface area contributed by atoms with Crippen LogP contribution in [0.2, 0.25) is 0 Å². The van der Waals surface area contributed by atoms with Crippen molar-refractivity contribution in [1.82, 2.24) is 19.9 Å². The average Bonchev–Trinajstić information content (AvgIpc) is 3.13. The van der Waals surface area contributed by atoms with E-state index in [-0.39, 0.29) is 11.8 Å². The summed E-state index contributed by atoms with van der Waals surface area (Å²) in [6.07, 6.45) is 3.43. The van der Waals surface area contributed by atoms with Crippen molar-refractivity contribution in [3.05, 3.63) is 78.2 Å². The number of para-hydroxylation sites is 3. The SMILES string of the molecule is O=C(c1cnc2ccccc2n1)N1C[C@@H](Cc2ccnc3ccccc23)[C@H](O)C1. The molecule has 1 amide bonds. The van der Waals surface area contributed by atoms with Crippen molar-refractivity contribution in [2.45, 2.75) is 12.5 Å². The van der Waals surface area contributed by atoms with Crippen LogP contribution in [0, 0.1) is 5.92 Å². The highest BCUT2D eigenvalue weighted by atomic mass is 16.3. The molecule has 144 valence electrons. The number of benzene rings is 2. The largest absolute Gasteiger partial charge is 0.391 e. The predicted octanol–water partition coefficient (Wildman–Crippen LogP) is 2.85. The van der Waals surface area contributed by atoms with E-state index in [4.69, 9.17) is 0 Å². The Morgan fingerprint density at radius 2 is 1.72 bits per heavy atom. The molecule has 2 aromatic heterocycles. The Hall–Kier alpha value is -3.38. The van der Waals surface area contributed by atoms with E-state index in [1.807, 2.05) is 54.6 Å². The molecule has 1 aliphatic heterocycles. The minimum absolute atomic E-state index is 0.0295. The van der Waals surface area contributed by atoms with Crippen LogP contribution in [0.25, 0.3) is 21.9 Å². The smallest absolute Gasteiger partial charge is 0.274 e. The highest BCUT2D eigenvalue weighted by molar-refractivity contribution is 5.94. The molecule has 2 atom stereocenters. The molecule has 0 aliphatic carbocycles. The zero-order valence-corrected chi connectivity index (χ0v) is 15.8. The van der Waals surface area contributed by atoms with Gasteiger partial charge in [-0.2, -0.15) is 0 Å². The minimum Gasteiger partial charge on any atom is -0.391 e. The van der Waals surface area contributed by atoms with Gasteiger partial charge < -0.3 is 10.0 Å². The lowest BCUT2D eigenvalue weighted by molar-refractivity contribution is 0.0759. The van der Waals surface area contributed by atoms with Crippen LogP contribution in [0.15, 0.2) is 67.0 Å². The highest BCUT2D eigenvalue weighted by Crippen LogP contribution is 2.26. The van der Waals surface area contributed by atoms with Crippen LogP contribution in [0.3, 0.4) is 0 Å². The van der Waals surface area contributed by atoms with E-state index in [1.165, 1.54) is 6.20 Å². The van der Waals surface area contributed by atoms with Gasteiger partial charge in [-0.1, -0.05) is 30.3 Å². The standard InChI is InChI=1S/C23H20N4O2/c28-22-14-27(23(29)21-12-25-19-7-3-4-8-20(19)26-21)13-16(22)11-15-9-10-24-18-6-2-1-5-17(15)18/h1-10,12,16,22,28H,11,13-14H2/t16-,22-/m1/s1. The lowest BCUT2D eigenvalue weighted by atomic mass is 9.94. The van der Waals surface area contributed by atoms with Gasteiger partial charge in [-0.25, -0.2) is 4.98 Å². The van der Waals surface area contributed by atoms with E-state index >= 15 is 0 Å². The number of hydrogen-bond acceptors (Lipinski definition) is 5. The molecule has 0 saturated carbocycles. The van der Waals surface area contributed by atoms with Gasteiger partial charge in [0.05, 0.1) is 28.9 Å². The number of hydrogen-bond donors (Lipinski definition) is 1. The van der Waals surface area contributed by atoms with E-state index in [1.54, 1.807) is 11.1 Å². The summed E-state index contributed by atoms with van der Waals surface area (Å²) in [6.45, 7) is 0.798. The number of aliphatic hydroxyl groups is 1. The maximum atomic E-state index is 12.9. The molecule has 0 bridgehead atoms. The van der Waals surface area contributed by atoms with Gasteiger partial charge in [0.25, 0.3) is 5.91 Å². The summed E-state index contributed by atoms with van der Waals surface area (Å²) in [4.78, 5) is 27.8. The van der Waals surface area contributed by atoms with Crippen molar-refractivity contribution in [1.29, 1.82) is 0 Å². The molecular formula is C23H20N4O2. The van der Waals surface area contributed by atoms with Gasteiger partial charge >= 0.3 is 0 Å². The molecule has 0 unspecified atom stereocenters. The number of aromatic nitrogens is 3. The molecule has 1 N–H and O–H groups in total. The number of β-amino-alcohol motifs (C(OH)–C–C–N with tert-alkyl or cyclic N) is 1. The number of pyridine rings is 1. The van der Waals surface area contributed by atoms with Crippen LogP contribution >= 0.6 is 0 Å². The van der Waals surface area contributed by atoms with Crippen LogP contribution in [-0.2, 0) is 6.42 Å². The van der Waals surface area contributed by atoms with E-state index in [0.29, 0.717) is 30.7 Å². The van der Waals surface area contributed by atoms with Crippen molar-refractivity contribution in [3.8, 4) is 0 Å². The van der Waals surface area contributed by atoms with Crippen molar-refractivity contribution >= 4 is 27.8 Å². The highest BCUT2D eigenvalue weighted by Gasteiger charge is 2.35. The molecule has 1 saturated heterocycles. The van der Waals surface area contributed by atoms with Crippen molar-refractivity contribution in [3.63, 3.8) is 0 Å². The van der Waals surface area contributed by atoms with Crippen LogP contribution in [-0.4, -0.2) is 50.1 Å². The number of carbonyl (C=O) groups is 1. The number of aliphatic hydroxyl groups excluding tert-OH is 1. The summed E-state index contributed by atoms with van der Waals surface area (Å²) < 4.78 is 0. The number of amides is 1. The van der Waals surface area contributed by atoms with Gasteiger partial charge in [0, 0.05) is 30.6 Å². The van der Waals surface area contributed by atoms with Gasteiger partial charge in [-0.05, 0) is 36.2 Å². The normalized spacial score (nSPS) is 19.1. The Morgan fingerprint density at radius 3 is 2.59 bits per heavy atom. The molecular weight excluding hydrogens is 364 g/mol. The minimum atomic E-state index is -0.570. The number of likely N-dealkylation sites (tertiary alicyclic amines) is 1. The third kappa shape index (κ3) is 3.32. The topological polar surface area (TPSA) is 79.2 Å². The van der Waals surface area contributed by atoms with Crippen molar-refractivity contribution < 1.29 is 9.90 Å². The third-order valence-corrected chi connectivity index (χ3v) is 5.58. The van der Waals surface area contributed by atoms with Crippen molar-refractivity contribution in [2.75, 3.05) is 13.1 Å². The first kappa shape index (κ1) is 17.7. The van der Waals surface area contributed by atoms with Gasteiger partial charge in [0.2, 0.25) is 0 Å². The summed E-state index contributed by atoms with van der Waals surface area (Å²) in [6, 6.07) is 17.5. The van der Waals surface area contributed by atoms with Crippen molar-refractivity contribution in [2.24, 2.45) is 5.92 Å². The summed E-state index contributed by atoms with van der Waals surface area (Å²) in [5.74, 6) is -0.220. The maximum Gasteiger partial charge on any atom is 0.274 e. The second-order valence-electron chi connectivity index (χ2n) is 7.47. The molecule has 4 aromatic rings. The quantitative estimate of drug-likeness (QED) is 0.588. The van der Waals surface area contributed by atoms with Crippen LogP contribution < -0.4 is 0 Å². The van der Waals surface area contributed by atoms with Gasteiger partial charge in [0.15, 0.2) is 0 Å². The summed E-state index contributed by atoms with van der Waals surface area (Å²) in [5.41, 5.74) is 3.84. The molecule has 0 radical (unpaired) electrons. The zero-order valence-electron chi connectivity index (χ0n) is 15.8. The maximum absolute atomic E-state index is 12.9. The monoisotopic (exact) mass is 384 g/mol. The van der Waals surface area contributed by atoms with Crippen LogP contribution in [0.1, 0.15) is 16.1 Å². The molecule has 1 fully saturated rings. The third-order valence-electron chi connectivity index (χ3n) is 5.58. The van der Waals surface area contributed by atoms with E-state index in [9.17, 15) is 9.90 Å². The Labute approximate surface area is 167 Å². The molecule has 6 nitrogen and oxygen atoms in total. The fourth-order valence-electron chi connectivity index (χ4n) is 4.06. The van der Waals surface area contributed by atoms with Crippen LogP contribution in [0.5, 0.6) is 0 Å². The molecule has 6 heteroatoms. The Bertz CT molecular complexity index is 1200. The first-order valence-corrected chi connectivity index (χ1v) is 9.71. The average molecular weight is 384 g/mol. The number of carbonyl (C=O) groups excluding carboxylic acids is 1. The second kappa shape index (κ2) is 7.22. The molecule has 5 rings (SSSR count). The molecule has 0 spiro atoms. The summed E-state index contributed by atoms with van der Waals surface area (Å²) in [5, 5.41) is 11.7. The molecule has 29 heavy (non-hydrogen) atoms. The van der Waals surface area contributed by atoms with E-state index < -0.39 is 6.10 Å². The van der Waals surface area contributed by atoms with Crippen LogP contribution in [0.4, 0.5) is 0 Å².